The normalized spacial score (nSPS) is 26.8. The van der Waals surface area contributed by atoms with Gasteiger partial charge in [-0.3, -0.25) is 15.0 Å². The van der Waals surface area contributed by atoms with Gasteiger partial charge in [0.2, 0.25) is 0 Å². The van der Waals surface area contributed by atoms with Crippen LogP contribution in [-0.4, -0.2) is 92.8 Å². The fourth-order valence-electron chi connectivity index (χ4n) is 8.39. The quantitative estimate of drug-likeness (QED) is 0.302. The summed E-state index contributed by atoms with van der Waals surface area (Å²) in [6, 6.07) is 2.04. The van der Waals surface area contributed by atoms with Crippen molar-refractivity contribution in [2.75, 3.05) is 44.3 Å². The number of aromatic amines is 1. The molecule has 3 atom stereocenters. The monoisotopic (exact) mass is 646 g/mol. The summed E-state index contributed by atoms with van der Waals surface area (Å²) in [6.07, 6.45) is 7.76. The molecule has 3 saturated heterocycles. The minimum Gasteiger partial charge on any atom is -0.461 e. The number of nitrogens with one attached hydrogen (secondary N) is 2. The number of hydrogen-bond donors (Lipinski definition) is 2. The second kappa shape index (κ2) is 11.5. The largest absolute Gasteiger partial charge is 0.461 e. The molecule has 8 heterocycles. The van der Waals surface area contributed by atoms with Crippen LogP contribution < -0.4 is 15.0 Å². The number of aryl methyl sites for hydroxylation is 1. The fraction of sp³-hybridized carbons (Fsp3) is 0.559. The van der Waals surface area contributed by atoms with Crippen molar-refractivity contribution < 1.29 is 23.0 Å². The van der Waals surface area contributed by atoms with Gasteiger partial charge in [0, 0.05) is 43.2 Å². The number of carbonyl (C=O) groups excluding carboxylic acids is 1. The van der Waals surface area contributed by atoms with Gasteiger partial charge < -0.3 is 19.7 Å². The lowest BCUT2D eigenvalue weighted by atomic mass is 9.92. The summed E-state index contributed by atoms with van der Waals surface area (Å²) < 4.78 is 43.7. The molecule has 3 aromatic heterocycles. The maximum atomic E-state index is 17.1. The molecule has 0 spiro atoms. The highest BCUT2D eigenvalue weighted by Gasteiger charge is 2.49. The van der Waals surface area contributed by atoms with Gasteiger partial charge in [-0.1, -0.05) is 0 Å². The Morgan fingerprint density at radius 2 is 2.02 bits per heavy atom. The Bertz CT molecular complexity index is 1870. The smallest absolute Gasteiger partial charge is 0.407 e. The Balaban J connectivity index is 1.31. The molecule has 0 unspecified atom stereocenters. The minimum absolute atomic E-state index is 0.0458. The van der Waals surface area contributed by atoms with Gasteiger partial charge in [-0.05, 0) is 82.5 Å². The van der Waals surface area contributed by atoms with Gasteiger partial charge in [0.15, 0.2) is 5.82 Å². The second-order valence-electron chi connectivity index (χ2n) is 14.1. The zero-order chi connectivity index (χ0) is 32.3. The zero-order valence-electron chi connectivity index (χ0n) is 26.9. The number of carbonyl (C=O) groups is 1. The van der Waals surface area contributed by atoms with E-state index in [1.54, 1.807) is 12.4 Å². The first-order valence-corrected chi connectivity index (χ1v) is 16.8. The lowest BCUT2D eigenvalue weighted by Gasteiger charge is -2.34. The number of nitrogens with zero attached hydrogens (tertiary/aromatic N) is 6. The molecule has 11 nitrogen and oxygen atoms in total. The third-order valence-corrected chi connectivity index (χ3v) is 10.6. The predicted molar refractivity (Wildman–Crippen MR) is 173 cm³/mol. The molecule has 4 aromatic rings. The average Bonchev–Trinajstić information content (AvgIpc) is 3.69. The van der Waals surface area contributed by atoms with Crippen molar-refractivity contribution in [3.05, 3.63) is 35.4 Å². The van der Waals surface area contributed by atoms with Gasteiger partial charge in [0.1, 0.15) is 29.8 Å². The minimum atomic E-state index is -0.901. The number of ether oxygens (including phenoxy) is 2. The van der Waals surface area contributed by atoms with Crippen molar-refractivity contribution in [1.29, 1.82) is 0 Å². The number of benzene rings is 1. The van der Waals surface area contributed by atoms with Crippen LogP contribution in [0.25, 0.3) is 33.1 Å². The van der Waals surface area contributed by atoms with Gasteiger partial charge in [0.25, 0.3) is 0 Å². The van der Waals surface area contributed by atoms with Crippen molar-refractivity contribution >= 4 is 33.7 Å². The Morgan fingerprint density at radius 1 is 1.13 bits per heavy atom. The topological polar surface area (TPSA) is 121 Å². The molecule has 9 rings (SSSR count). The van der Waals surface area contributed by atoms with E-state index in [4.69, 9.17) is 24.4 Å². The van der Waals surface area contributed by atoms with Crippen LogP contribution in [0.4, 0.5) is 19.4 Å². The van der Waals surface area contributed by atoms with E-state index >= 15 is 4.39 Å². The average molecular weight is 647 g/mol. The van der Waals surface area contributed by atoms with E-state index < -0.39 is 29.2 Å². The lowest BCUT2D eigenvalue weighted by molar-refractivity contribution is 0.107. The lowest BCUT2D eigenvalue weighted by Crippen LogP contribution is -2.53. The van der Waals surface area contributed by atoms with Crippen LogP contribution in [0.2, 0.25) is 0 Å². The number of alkyl carbamates (subject to hydrolysis) is 1. The zero-order valence-corrected chi connectivity index (χ0v) is 26.9. The summed E-state index contributed by atoms with van der Waals surface area (Å²) in [5, 5.41) is 11.6. The molecule has 5 aliphatic rings. The molecule has 1 amide bonds. The highest BCUT2D eigenvalue weighted by atomic mass is 19.1. The van der Waals surface area contributed by atoms with Crippen molar-refractivity contribution in [3.8, 4) is 17.3 Å². The van der Waals surface area contributed by atoms with Gasteiger partial charge in [-0.25, -0.2) is 13.6 Å². The van der Waals surface area contributed by atoms with E-state index in [0.29, 0.717) is 55.7 Å². The number of H-pyrrole nitrogens is 1. The van der Waals surface area contributed by atoms with E-state index in [0.717, 1.165) is 60.7 Å². The number of amides is 1. The Morgan fingerprint density at radius 3 is 2.91 bits per heavy atom. The summed E-state index contributed by atoms with van der Waals surface area (Å²) in [4.78, 5) is 31.6. The van der Waals surface area contributed by atoms with Crippen molar-refractivity contribution in [2.45, 2.75) is 82.5 Å². The van der Waals surface area contributed by atoms with E-state index in [2.05, 4.69) is 25.3 Å². The maximum absolute atomic E-state index is 17.1. The number of alkyl halides is 1. The standard InChI is InChI=1S/C34H40F2N8O3/c1-20-13-25-23(16-38-42-25)26-22(20)7-5-12-46-32(45)41-33(2)8-3-4-10-43(18-33)30-24-15-37-29(26)27(36)28(24)39-31(40-30)47-19-34-9-6-11-44(34)17-21(35)14-34/h13,15-16,21H,3-12,14,17-19H2,1-2H3,(H,38,42)(H,41,45)/t21-,33-,34+/m1/s1. The second-order valence-corrected chi connectivity index (χ2v) is 14.1. The molecular weight excluding hydrogens is 606 g/mol. The van der Waals surface area contributed by atoms with Gasteiger partial charge in [-0.2, -0.15) is 15.1 Å². The third-order valence-electron chi connectivity index (χ3n) is 10.6. The van der Waals surface area contributed by atoms with Crippen LogP contribution in [0.1, 0.15) is 63.0 Å². The van der Waals surface area contributed by atoms with Crippen molar-refractivity contribution in [2.24, 2.45) is 0 Å². The van der Waals surface area contributed by atoms with Crippen LogP contribution in [-0.2, 0) is 11.2 Å². The number of halogens is 2. The number of pyridine rings is 1. The van der Waals surface area contributed by atoms with Crippen LogP contribution in [0.5, 0.6) is 6.01 Å². The highest BCUT2D eigenvalue weighted by molar-refractivity contribution is 5.99. The third kappa shape index (κ3) is 5.32. The number of anilines is 1. The van der Waals surface area contributed by atoms with E-state index in [1.807, 2.05) is 19.9 Å². The van der Waals surface area contributed by atoms with Crippen LogP contribution in [0.15, 0.2) is 18.5 Å². The summed E-state index contributed by atoms with van der Waals surface area (Å²) in [5.41, 5.74) is 2.50. The molecule has 3 fully saturated rings. The summed E-state index contributed by atoms with van der Waals surface area (Å²) in [5.74, 6) is -0.0725. The van der Waals surface area contributed by atoms with E-state index in [-0.39, 0.29) is 30.4 Å². The fourth-order valence-corrected chi connectivity index (χ4v) is 8.39. The molecular formula is C34H40F2N8O3. The highest BCUT2D eigenvalue weighted by Crippen LogP contribution is 2.42. The summed E-state index contributed by atoms with van der Waals surface area (Å²) in [7, 11) is 0. The molecule has 5 aliphatic heterocycles. The van der Waals surface area contributed by atoms with E-state index in [1.165, 1.54) is 0 Å². The molecule has 13 heteroatoms. The van der Waals surface area contributed by atoms with Crippen LogP contribution in [0.3, 0.4) is 0 Å². The van der Waals surface area contributed by atoms with Crippen molar-refractivity contribution in [3.63, 3.8) is 0 Å². The van der Waals surface area contributed by atoms with E-state index in [9.17, 15) is 9.18 Å². The number of hydrogen-bond acceptors (Lipinski definition) is 9. The Kier molecular flexibility index (Phi) is 7.42. The Labute approximate surface area is 271 Å². The Hall–Kier alpha value is -4.13. The van der Waals surface area contributed by atoms with Gasteiger partial charge in [-0.15, -0.1) is 0 Å². The first-order chi connectivity index (χ1) is 22.7. The first kappa shape index (κ1) is 30.2. The maximum Gasteiger partial charge on any atom is 0.407 e. The first-order valence-electron chi connectivity index (χ1n) is 16.8. The molecule has 0 radical (unpaired) electrons. The predicted octanol–water partition coefficient (Wildman–Crippen LogP) is 5.39. The molecule has 47 heavy (non-hydrogen) atoms. The summed E-state index contributed by atoms with van der Waals surface area (Å²) in [6.45, 7) is 6.72. The summed E-state index contributed by atoms with van der Waals surface area (Å²) >= 11 is 0. The van der Waals surface area contributed by atoms with Gasteiger partial charge in [0.05, 0.1) is 34.8 Å². The van der Waals surface area contributed by atoms with Crippen LogP contribution in [0, 0.1) is 12.7 Å². The molecule has 0 saturated carbocycles. The van der Waals surface area contributed by atoms with Crippen LogP contribution >= 0.6 is 0 Å². The number of aromatic nitrogens is 5. The molecule has 2 N–H and O–H groups in total. The SMILES string of the molecule is Cc1cc2[nH]ncc2c2c1CCCOC(=O)N[C@]1(C)CCCCN(C1)c1nc(OC[C@@]34CCCN3C[C@H](F)C4)nc3c(F)c-2ncc13. The number of rotatable bonds is 3. The molecule has 1 aromatic carbocycles. The number of fused-ring (bicyclic) bond motifs is 8. The molecule has 0 aliphatic carbocycles. The molecule has 6 bridgehead atoms. The van der Waals surface area contributed by atoms with Crippen molar-refractivity contribution in [1.82, 2.24) is 35.4 Å². The molecule has 248 valence electrons. The van der Waals surface area contributed by atoms with Gasteiger partial charge >= 0.3 is 12.1 Å².